The highest BCUT2D eigenvalue weighted by atomic mass is 16.5. The van der Waals surface area contributed by atoms with Crippen molar-refractivity contribution in [2.24, 2.45) is 11.7 Å². The number of nitrogens with two attached hydrogens (primary N) is 1. The predicted octanol–water partition coefficient (Wildman–Crippen LogP) is 4.99. The second-order valence-electron chi connectivity index (χ2n) is 9.77. The van der Waals surface area contributed by atoms with Gasteiger partial charge in [-0.2, -0.15) is 0 Å². The first-order valence-corrected chi connectivity index (χ1v) is 12.9. The number of fused-ring (bicyclic) bond motifs is 1. The zero-order chi connectivity index (χ0) is 24.9. The van der Waals surface area contributed by atoms with E-state index in [-0.39, 0.29) is 5.78 Å². The van der Waals surface area contributed by atoms with Crippen LogP contribution in [-0.2, 0) is 30.5 Å². The van der Waals surface area contributed by atoms with Crippen molar-refractivity contribution in [3.63, 3.8) is 0 Å². The van der Waals surface area contributed by atoms with Crippen molar-refractivity contribution < 1.29 is 23.8 Å². The summed E-state index contributed by atoms with van der Waals surface area (Å²) in [5.41, 5.74) is 10.7. The molecule has 2 aliphatic rings. The highest BCUT2D eigenvalue weighted by Gasteiger charge is 2.28. The van der Waals surface area contributed by atoms with Crippen LogP contribution in [0, 0.1) is 5.92 Å². The quantitative estimate of drug-likeness (QED) is 0.342. The zero-order valence-corrected chi connectivity index (χ0v) is 21.2. The van der Waals surface area contributed by atoms with Gasteiger partial charge < -0.3 is 19.9 Å². The van der Waals surface area contributed by atoms with Crippen molar-refractivity contribution in [3.8, 4) is 17.2 Å². The summed E-state index contributed by atoms with van der Waals surface area (Å²) < 4.78 is 18.0. The van der Waals surface area contributed by atoms with Crippen LogP contribution in [0.3, 0.4) is 0 Å². The Morgan fingerprint density at radius 3 is 2.54 bits per heavy atom. The molecule has 1 atom stereocenters. The van der Waals surface area contributed by atoms with Crippen LogP contribution in [0.2, 0.25) is 0 Å². The molecule has 6 nitrogen and oxygen atoms in total. The van der Waals surface area contributed by atoms with Crippen molar-refractivity contribution in [3.05, 3.63) is 52.1 Å². The lowest BCUT2D eigenvalue weighted by atomic mass is 9.91. The van der Waals surface area contributed by atoms with E-state index in [1.807, 2.05) is 12.1 Å². The summed E-state index contributed by atoms with van der Waals surface area (Å²) in [5, 5.41) is 0. The molecule has 0 radical (unpaired) electrons. The number of hydrogen-bond acceptors (Lipinski definition) is 5. The Hall–Kier alpha value is -3.02. The Morgan fingerprint density at radius 2 is 1.89 bits per heavy atom. The summed E-state index contributed by atoms with van der Waals surface area (Å²) >= 11 is 0. The van der Waals surface area contributed by atoms with E-state index in [0.29, 0.717) is 30.3 Å². The molecular weight excluding hydrogens is 442 g/mol. The number of benzene rings is 2. The Bertz CT molecular complexity index is 1090. The van der Waals surface area contributed by atoms with E-state index in [2.05, 4.69) is 19.1 Å². The van der Waals surface area contributed by atoms with Crippen LogP contribution in [0.25, 0.3) is 0 Å². The molecule has 1 unspecified atom stereocenters. The van der Waals surface area contributed by atoms with Gasteiger partial charge in [0.1, 0.15) is 17.2 Å². The number of primary amides is 1. The predicted molar refractivity (Wildman–Crippen MR) is 136 cm³/mol. The molecule has 1 fully saturated rings. The molecule has 1 heterocycles. The molecule has 35 heavy (non-hydrogen) atoms. The molecule has 1 aliphatic heterocycles. The summed E-state index contributed by atoms with van der Waals surface area (Å²) in [6, 6.07) is 8.04. The molecule has 2 N–H and O–H groups in total. The Morgan fingerprint density at radius 1 is 1.09 bits per heavy atom. The van der Waals surface area contributed by atoms with Crippen LogP contribution in [0.4, 0.5) is 0 Å². The summed E-state index contributed by atoms with van der Waals surface area (Å²) in [6.07, 6.45) is 7.80. The monoisotopic (exact) mass is 479 g/mol. The molecular formula is C29H37NO5. The van der Waals surface area contributed by atoms with Crippen molar-refractivity contribution in [1.82, 2.24) is 0 Å². The first kappa shape index (κ1) is 25.1. The molecule has 0 saturated heterocycles. The van der Waals surface area contributed by atoms with Gasteiger partial charge in [-0.25, -0.2) is 0 Å². The molecule has 1 aliphatic carbocycles. The topological polar surface area (TPSA) is 87.8 Å². The number of carbonyl (C=O) groups excluding carboxylic acids is 2. The van der Waals surface area contributed by atoms with Gasteiger partial charge in [0.15, 0.2) is 11.9 Å². The van der Waals surface area contributed by atoms with E-state index in [1.165, 1.54) is 24.0 Å². The Kier molecular flexibility index (Phi) is 7.99. The van der Waals surface area contributed by atoms with Gasteiger partial charge in [-0.1, -0.05) is 25.5 Å². The van der Waals surface area contributed by atoms with E-state index < -0.39 is 12.0 Å². The molecule has 2 aromatic rings. The largest absolute Gasteiger partial charge is 0.496 e. The highest BCUT2D eigenvalue weighted by molar-refractivity contribution is 5.97. The Balaban J connectivity index is 1.47. The van der Waals surface area contributed by atoms with Gasteiger partial charge in [0.05, 0.1) is 19.3 Å². The molecule has 0 spiro atoms. The fourth-order valence-electron chi connectivity index (χ4n) is 5.01. The maximum atomic E-state index is 12.1. The maximum Gasteiger partial charge on any atom is 0.258 e. The standard InChI is InChI=1S/C29H37NO5/c1-4-6-23-20(10-11-21-12-14-26(29(30)32)35-27(21)23)7-5-16-34-25-15-13-22(18(2)31)28(33-3)24(25)17-19-8-9-19/h10-11,13,15,19,26H,4-9,12,14,16-17H2,1-3H3,(H2,30,32). The molecule has 1 saturated carbocycles. The molecule has 6 heteroatoms. The normalized spacial score (nSPS) is 16.8. The number of rotatable bonds is 12. The van der Waals surface area contributed by atoms with Gasteiger partial charge in [0.25, 0.3) is 5.91 Å². The van der Waals surface area contributed by atoms with E-state index >= 15 is 0 Å². The number of amides is 1. The van der Waals surface area contributed by atoms with E-state index in [0.717, 1.165) is 61.2 Å². The first-order valence-electron chi connectivity index (χ1n) is 12.9. The van der Waals surface area contributed by atoms with E-state index in [4.69, 9.17) is 19.9 Å². The fraction of sp³-hybridized carbons (Fsp3) is 0.517. The van der Waals surface area contributed by atoms with Crippen molar-refractivity contribution >= 4 is 11.7 Å². The van der Waals surface area contributed by atoms with Crippen molar-refractivity contribution in [2.45, 2.75) is 77.7 Å². The number of Topliss-reactive ketones (excluding diaryl/α,β-unsaturated/α-hetero) is 1. The first-order chi connectivity index (χ1) is 16.9. The minimum absolute atomic E-state index is 0.00195. The molecule has 0 bridgehead atoms. The van der Waals surface area contributed by atoms with Crippen LogP contribution in [-0.4, -0.2) is 31.5 Å². The summed E-state index contributed by atoms with van der Waals surface area (Å²) in [6.45, 7) is 4.29. The lowest BCUT2D eigenvalue weighted by molar-refractivity contribution is -0.125. The molecule has 188 valence electrons. The lowest BCUT2D eigenvalue weighted by Crippen LogP contribution is -2.36. The number of hydrogen-bond donors (Lipinski definition) is 1. The minimum Gasteiger partial charge on any atom is -0.496 e. The number of ketones is 1. The summed E-state index contributed by atoms with van der Waals surface area (Å²) in [7, 11) is 1.62. The number of methoxy groups -OCH3 is 1. The highest BCUT2D eigenvalue weighted by Crippen LogP contribution is 2.41. The fourth-order valence-corrected chi connectivity index (χ4v) is 5.01. The van der Waals surface area contributed by atoms with E-state index in [1.54, 1.807) is 14.0 Å². The zero-order valence-electron chi connectivity index (χ0n) is 21.2. The SMILES string of the molecule is CCCc1c(CCCOc2ccc(C(C)=O)c(OC)c2CC2CC2)ccc2c1OC(C(N)=O)CC2. The summed E-state index contributed by atoms with van der Waals surface area (Å²) in [5.74, 6) is 2.57. The van der Waals surface area contributed by atoms with Crippen LogP contribution in [0.1, 0.15) is 78.6 Å². The smallest absolute Gasteiger partial charge is 0.258 e. The van der Waals surface area contributed by atoms with Gasteiger partial charge in [-0.3, -0.25) is 9.59 Å². The number of aryl methyl sites for hydroxylation is 2. The third kappa shape index (κ3) is 5.80. The molecule has 4 rings (SSSR count). The van der Waals surface area contributed by atoms with Gasteiger partial charge >= 0.3 is 0 Å². The van der Waals surface area contributed by atoms with Gasteiger partial charge in [0.2, 0.25) is 0 Å². The molecule has 1 amide bonds. The molecule has 0 aromatic heterocycles. The van der Waals surface area contributed by atoms with Crippen LogP contribution in [0.5, 0.6) is 17.2 Å². The molecule has 2 aromatic carbocycles. The second kappa shape index (κ2) is 11.1. The maximum absolute atomic E-state index is 12.1. The average molecular weight is 480 g/mol. The van der Waals surface area contributed by atoms with Crippen molar-refractivity contribution in [1.29, 1.82) is 0 Å². The third-order valence-electron chi connectivity index (χ3n) is 7.03. The van der Waals surface area contributed by atoms with Crippen molar-refractivity contribution in [2.75, 3.05) is 13.7 Å². The van der Waals surface area contributed by atoms with Gasteiger partial charge in [-0.15, -0.1) is 0 Å². The third-order valence-corrected chi connectivity index (χ3v) is 7.03. The van der Waals surface area contributed by atoms with E-state index in [9.17, 15) is 9.59 Å². The van der Waals surface area contributed by atoms with Crippen LogP contribution >= 0.6 is 0 Å². The minimum atomic E-state index is -0.547. The second-order valence-corrected chi connectivity index (χ2v) is 9.77. The Labute approximate surface area is 208 Å². The van der Waals surface area contributed by atoms with Gasteiger partial charge in [-0.05, 0) is 93.0 Å². The average Bonchev–Trinajstić information content (AvgIpc) is 3.67. The summed E-state index contributed by atoms with van der Waals surface area (Å²) in [4.78, 5) is 23.8. The van der Waals surface area contributed by atoms with Crippen LogP contribution < -0.4 is 19.9 Å². The lowest BCUT2D eigenvalue weighted by Gasteiger charge is -2.27. The number of ether oxygens (including phenoxy) is 3. The number of carbonyl (C=O) groups is 2. The van der Waals surface area contributed by atoms with Crippen LogP contribution in [0.15, 0.2) is 24.3 Å². The van der Waals surface area contributed by atoms with Gasteiger partial charge in [0, 0.05) is 5.56 Å².